The molecule has 0 bridgehead atoms. The smallest absolute Gasteiger partial charge is 0.310 e. The molecule has 148 valence electrons. The lowest BCUT2D eigenvalue weighted by atomic mass is 10.0. The molecule has 1 unspecified atom stereocenters. The fourth-order valence-electron chi connectivity index (χ4n) is 3.40. The highest BCUT2D eigenvalue weighted by Gasteiger charge is 2.27. The standard InChI is InChI=1S/C21H25N3O4/c1-2-16-7-9-17(10-8-16)19-15-22-12-13-23(19)21(25)11-14-28-20-6-4-3-5-18(20)24(26)27/h3-10,19,22H,2,11-15H2,1H3. The van der Waals surface area contributed by atoms with Gasteiger partial charge in [-0.25, -0.2) is 0 Å². The van der Waals surface area contributed by atoms with Gasteiger partial charge in [0.1, 0.15) is 0 Å². The quantitative estimate of drug-likeness (QED) is 0.587. The van der Waals surface area contributed by atoms with Crippen molar-refractivity contribution >= 4 is 11.6 Å². The first kappa shape index (κ1) is 19.8. The molecule has 7 nitrogen and oxygen atoms in total. The van der Waals surface area contributed by atoms with Crippen molar-refractivity contribution in [2.75, 3.05) is 26.2 Å². The first-order chi connectivity index (χ1) is 13.6. The lowest BCUT2D eigenvalue weighted by Crippen LogP contribution is -2.48. The molecule has 0 saturated carbocycles. The van der Waals surface area contributed by atoms with E-state index in [1.165, 1.54) is 11.6 Å². The molecule has 1 aliphatic heterocycles. The number of carbonyl (C=O) groups excluding carboxylic acids is 1. The molecule has 1 N–H and O–H groups in total. The molecule has 1 amide bonds. The van der Waals surface area contributed by atoms with E-state index in [1.807, 2.05) is 4.90 Å². The third-order valence-electron chi connectivity index (χ3n) is 4.97. The van der Waals surface area contributed by atoms with Gasteiger partial charge in [0, 0.05) is 25.7 Å². The van der Waals surface area contributed by atoms with E-state index < -0.39 is 4.92 Å². The van der Waals surface area contributed by atoms with E-state index in [9.17, 15) is 14.9 Å². The zero-order valence-electron chi connectivity index (χ0n) is 16.0. The SMILES string of the molecule is CCc1ccc(C2CNCCN2C(=O)CCOc2ccccc2[N+](=O)[O-])cc1. The Bertz CT molecular complexity index is 823. The highest BCUT2D eigenvalue weighted by atomic mass is 16.6. The van der Waals surface area contributed by atoms with E-state index in [0.29, 0.717) is 13.1 Å². The number of piperazine rings is 1. The number of para-hydroxylation sites is 2. The van der Waals surface area contributed by atoms with Gasteiger partial charge in [0.2, 0.25) is 5.91 Å². The third-order valence-corrected chi connectivity index (χ3v) is 4.97. The van der Waals surface area contributed by atoms with Gasteiger partial charge in [0.05, 0.1) is 24.0 Å². The summed E-state index contributed by atoms with van der Waals surface area (Å²) in [5.74, 6) is 0.178. The van der Waals surface area contributed by atoms with Crippen molar-refractivity contribution in [3.63, 3.8) is 0 Å². The highest BCUT2D eigenvalue weighted by molar-refractivity contribution is 5.77. The Morgan fingerprint density at radius 2 is 2.00 bits per heavy atom. The number of nitrogens with one attached hydrogen (secondary N) is 1. The molecule has 2 aromatic rings. The van der Waals surface area contributed by atoms with Crippen molar-refractivity contribution in [2.45, 2.75) is 25.8 Å². The summed E-state index contributed by atoms with van der Waals surface area (Å²) in [4.78, 5) is 25.2. The van der Waals surface area contributed by atoms with Gasteiger partial charge in [-0.3, -0.25) is 14.9 Å². The Balaban J connectivity index is 1.62. The predicted octanol–water partition coefficient (Wildman–Crippen LogP) is 3.10. The molecule has 7 heteroatoms. The van der Waals surface area contributed by atoms with Crippen LogP contribution >= 0.6 is 0 Å². The molecule has 1 fully saturated rings. The molecule has 0 aromatic heterocycles. The number of hydrogen-bond acceptors (Lipinski definition) is 5. The van der Waals surface area contributed by atoms with Crippen molar-refractivity contribution in [3.8, 4) is 5.75 Å². The molecule has 1 saturated heterocycles. The molecule has 28 heavy (non-hydrogen) atoms. The van der Waals surface area contributed by atoms with Gasteiger partial charge in [0.15, 0.2) is 5.75 Å². The summed E-state index contributed by atoms with van der Waals surface area (Å²) in [5.41, 5.74) is 2.28. The Morgan fingerprint density at radius 3 is 2.71 bits per heavy atom. The second kappa shape index (κ2) is 9.32. The number of ether oxygens (including phenoxy) is 1. The number of carbonyl (C=O) groups is 1. The van der Waals surface area contributed by atoms with Crippen molar-refractivity contribution in [1.82, 2.24) is 10.2 Å². The fraction of sp³-hybridized carbons (Fsp3) is 0.381. The van der Waals surface area contributed by atoms with Gasteiger partial charge < -0.3 is 15.0 Å². The second-order valence-electron chi connectivity index (χ2n) is 6.73. The van der Waals surface area contributed by atoms with Crippen LogP contribution in [0.1, 0.15) is 30.5 Å². The molecule has 0 aliphatic carbocycles. The average molecular weight is 383 g/mol. The minimum Gasteiger partial charge on any atom is -0.486 e. The van der Waals surface area contributed by atoms with E-state index in [-0.39, 0.29) is 36.4 Å². The van der Waals surface area contributed by atoms with Gasteiger partial charge in [-0.15, -0.1) is 0 Å². The van der Waals surface area contributed by atoms with E-state index in [2.05, 4.69) is 36.5 Å². The molecule has 3 rings (SSSR count). The van der Waals surface area contributed by atoms with Crippen LogP contribution in [0, 0.1) is 10.1 Å². The van der Waals surface area contributed by atoms with Crippen LogP contribution in [0.3, 0.4) is 0 Å². The summed E-state index contributed by atoms with van der Waals surface area (Å²) >= 11 is 0. The molecular formula is C21H25N3O4. The van der Waals surface area contributed by atoms with Crippen LogP contribution in [0.5, 0.6) is 5.75 Å². The van der Waals surface area contributed by atoms with Crippen molar-refractivity contribution in [1.29, 1.82) is 0 Å². The first-order valence-corrected chi connectivity index (χ1v) is 9.55. The van der Waals surface area contributed by atoms with Gasteiger partial charge in [-0.05, 0) is 23.6 Å². The molecular weight excluding hydrogens is 358 g/mol. The Kier molecular flexibility index (Phi) is 6.60. The van der Waals surface area contributed by atoms with Crippen molar-refractivity contribution in [2.24, 2.45) is 0 Å². The minimum absolute atomic E-state index is 0.00958. The summed E-state index contributed by atoms with van der Waals surface area (Å²) < 4.78 is 5.53. The first-order valence-electron chi connectivity index (χ1n) is 9.55. The second-order valence-corrected chi connectivity index (χ2v) is 6.73. The topological polar surface area (TPSA) is 84.7 Å². The molecule has 2 aromatic carbocycles. The molecule has 1 atom stereocenters. The van der Waals surface area contributed by atoms with E-state index in [4.69, 9.17) is 4.74 Å². The van der Waals surface area contributed by atoms with Crippen LogP contribution in [-0.2, 0) is 11.2 Å². The van der Waals surface area contributed by atoms with Crippen LogP contribution in [-0.4, -0.2) is 42.0 Å². The van der Waals surface area contributed by atoms with Crippen LogP contribution in [0.4, 0.5) is 5.69 Å². The number of benzene rings is 2. The van der Waals surface area contributed by atoms with Crippen molar-refractivity contribution in [3.05, 3.63) is 69.8 Å². The molecule has 0 spiro atoms. The number of rotatable bonds is 7. The minimum atomic E-state index is -0.483. The maximum atomic E-state index is 12.8. The van der Waals surface area contributed by atoms with Crippen LogP contribution in [0.25, 0.3) is 0 Å². The monoisotopic (exact) mass is 383 g/mol. The summed E-state index contributed by atoms with van der Waals surface area (Å²) in [6.07, 6.45) is 1.16. The highest BCUT2D eigenvalue weighted by Crippen LogP contribution is 2.27. The largest absolute Gasteiger partial charge is 0.486 e. The molecule has 0 radical (unpaired) electrons. The summed E-state index contributed by atoms with van der Waals surface area (Å²) in [6, 6.07) is 14.6. The third kappa shape index (κ3) is 4.67. The van der Waals surface area contributed by atoms with Crippen LogP contribution in [0.2, 0.25) is 0 Å². The van der Waals surface area contributed by atoms with Crippen LogP contribution < -0.4 is 10.1 Å². The van der Waals surface area contributed by atoms with Gasteiger partial charge in [-0.1, -0.05) is 43.3 Å². The zero-order valence-corrected chi connectivity index (χ0v) is 16.0. The van der Waals surface area contributed by atoms with Gasteiger partial charge in [0.25, 0.3) is 0 Å². The normalized spacial score (nSPS) is 16.6. The summed E-state index contributed by atoms with van der Waals surface area (Å²) in [7, 11) is 0. The average Bonchev–Trinajstić information content (AvgIpc) is 2.74. The van der Waals surface area contributed by atoms with E-state index in [0.717, 1.165) is 18.5 Å². The van der Waals surface area contributed by atoms with Crippen LogP contribution in [0.15, 0.2) is 48.5 Å². The zero-order chi connectivity index (χ0) is 19.9. The molecule has 1 aliphatic rings. The predicted molar refractivity (Wildman–Crippen MR) is 106 cm³/mol. The number of nitro groups is 1. The molecule has 1 heterocycles. The number of aryl methyl sites for hydroxylation is 1. The maximum Gasteiger partial charge on any atom is 0.310 e. The Hall–Kier alpha value is -2.93. The fourth-order valence-corrected chi connectivity index (χ4v) is 3.40. The van der Waals surface area contributed by atoms with E-state index in [1.54, 1.807) is 18.2 Å². The number of hydrogen-bond donors (Lipinski definition) is 1. The summed E-state index contributed by atoms with van der Waals surface area (Å²) in [5, 5.41) is 14.4. The maximum absolute atomic E-state index is 12.8. The van der Waals surface area contributed by atoms with Crippen molar-refractivity contribution < 1.29 is 14.5 Å². The Morgan fingerprint density at radius 1 is 1.25 bits per heavy atom. The lowest BCUT2D eigenvalue weighted by molar-refractivity contribution is -0.385. The number of amides is 1. The lowest BCUT2D eigenvalue weighted by Gasteiger charge is -2.36. The van der Waals surface area contributed by atoms with Gasteiger partial charge >= 0.3 is 5.69 Å². The number of nitrogens with zero attached hydrogens (tertiary/aromatic N) is 2. The Labute approximate surface area is 164 Å². The number of nitro benzene ring substituents is 1. The van der Waals surface area contributed by atoms with Gasteiger partial charge in [-0.2, -0.15) is 0 Å². The van der Waals surface area contributed by atoms with E-state index >= 15 is 0 Å². The summed E-state index contributed by atoms with van der Waals surface area (Å²) in [6.45, 7) is 4.31.